The molecule has 1 N–H and O–H groups in total. The van der Waals surface area contributed by atoms with Gasteiger partial charge in [0.15, 0.2) is 16.6 Å². The fraction of sp³-hybridized carbons (Fsp3) is 0.833. The van der Waals surface area contributed by atoms with E-state index in [1.807, 2.05) is 19.9 Å². The highest BCUT2D eigenvalue weighted by Gasteiger charge is 2.50. The topological polar surface area (TPSA) is 65.0 Å². The molecule has 7 atom stereocenters. The summed E-state index contributed by atoms with van der Waals surface area (Å²) in [6.07, 6.45) is 17.4. The summed E-state index contributed by atoms with van der Waals surface area (Å²) in [6.45, 7) is 35.6. The van der Waals surface area contributed by atoms with Crippen LogP contribution in [0.15, 0.2) is 35.5 Å². The second kappa shape index (κ2) is 15.5. The van der Waals surface area contributed by atoms with Gasteiger partial charge in [0.2, 0.25) is 0 Å². The number of allylic oxidation sites excluding steroid dienone is 4. The van der Waals surface area contributed by atoms with Gasteiger partial charge >= 0.3 is 5.97 Å². The Morgan fingerprint density at radius 1 is 0.857 bits per heavy atom. The minimum absolute atomic E-state index is 0.178. The van der Waals surface area contributed by atoms with Crippen LogP contribution in [-0.2, 0) is 18.4 Å². The molecule has 282 valence electrons. The lowest BCUT2D eigenvalue weighted by Crippen LogP contribution is -2.48. The van der Waals surface area contributed by atoms with E-state index in [0.29, 0.717) is 17.8 Å². The predicted octanol–water partition coefficient (Wildman–Crippen LogP) is 11.6. The quantitative estimate of drug-likeness (QED) is 0.131. The normalized spacial score (nSPS) is 29.8. The third-order valence-electron chi connectivity index (χ3n) is 13.5. The number of ether oxygens (including phenoxy) is 1. The summed E-state index contributed by atoms with van der Waals surface area (Å²) in [6, 6.07) is 0. The number of carbonyl (C=O) groups excluding carboxylic acids is 1. The molecule has 7 heteroatoms. The number of aliphatic hydroxyl groups is 1. The second-order valence-corrected chi connectivity index (χ2v) is 29.7. The molecule has 0 bridgehead atoms. The molecule has 3 saturated carbocycles. The molecule has 0 aromatic rings. The van der Waals surface area contributed by atoms with Crippen molar-refractivity contribution in [1.82, 2.24) is 0 Å². The minimum Gasteiger partial charge on any atom is -0.462 e. The van der Waals surface area contributed by atoms with Gasteiger partial charge in [-0.3, -0.25) is 4.79 Å². The Morgan fingerprint density at radius 3 is 1.88 bits per heavy atom. The van der Waals surface area contributed by atoms with E-state index in [1.165, 1.54) is 37.7 Å². The zero-order valence-electron chi connectivity index (χ0n) is 34.6. The van der Waals surface area contributed by atoms with Gasteiger partial charge in [-0.05, 0) is 138 Å². The molecule has 3 aliphatic carbocycles. The Balaban J connectivity index is 1.82. The van der Waals surface area contributed by atoms with E-state index in [9.17, 15) is 9.90 Å². The van der Waals surface area contributed by atoms with Crippen LogP contribution in [-0.4, -0.2) is 52.1 Å². The summed E-state index contributed by atoms with van der Waals surface area (Å²) in [5.41, 5.74) is 2.35. The average molecular weight is 717 g/mol. The van der Waals surface area contributed by atoms with Gasteiger partial charge in [0.1, 0.15) is 0 Å². The van der Waals surface area contributed by atoms with Gasteiger partial charge in [0.25, 0.3) is 0 Å². The predicted molar refractivity (Wildman–Crippen MR) is 212 cm³/mol. The zero-order valence-corrected chi connectivity index (χ0v) is 36.6. The summed E-state index contributed by atoms with van der Waals surface area (Å²) >= 11 is 0. The molecular weight excluding hydrogens is 641 g/mol. The SMILES string of the molecule is CC(C)OC(=O)C(C)(C)[C@@H](O)/C=C/[C@@H](C)[C@H]1CC[C@H]2/C(=C/C=C3C[C@@H](O[Si](C)(C)C(C)(C)C)C[C@H](O[Si](C)(C)C(C)(C)C)C3)CCC[C@]12C. The van der Waals surface area contributed by atoms with E-state index < -0.39 is 28.2 Å². The monoisotopic (exact) mass is 717 g/mol. The van der Waals surface area contributed by atoms with Crippen LogP contribution in [0.4, 0.5) is 0 Å². The number of carbonyl (C=O) groups is 1. The highest BCUT2D eigenvalue weighted by atomic mass is 28.4. The Hall–Kier alpha value is -0.996. The van der Waals surface area contributed by atoms with Crippen molar-refractivity contribution in [2.24, 2.45) is 28.6 Å². The maximum absolute atomic E-state index is 12.7. The number of hydrogen-bond acceptors (Lipinski definition) is 5. The first-order chi connectivity index (χ1) is 22.2. The molecule has 0 aromatic heterocycles. The van der Waals surface area contributed by atoms with Gasteiger partial charge in [-0.1, -0.05) is 90.8 Å². The molecule has 0 spiro atoms. The van der Waals surface area contributed by atoms with Crippen LogP contribution in [0.2, 0.25) is 36.3 Å². The molecule has 0 amide bonds. The second-order valence-electron chi connectivity index (χ2n) is 20.2. The van der Waals surface area contributed by atoms with Crippen molar-refractivity contribution in [3.8, 4) is 0 Å². The molecule has 0 saturated heterocycles. The van der Waals surface area contributed by atoms with E-state index in [4.69, 9.17) is 13.6 Å². The maximum atomic E-state index is 12.7. The van der Waals surface area contributed by atoms with Crippen LogP contribution >= 0.6 is 0 Å². The molecule has 3 rings (SSSR count). The van der Waals surface area contributed by atoms with Crippen molar-refractivity contribution in [1.29, 1.82) is 0 Å². The third-order valence-corrected chi connectivity index (χ3v) is 22.5. The first kappa shape index (κ1) is 42.4. The van der Waals surface area contributed by atoms with Crippen LogP contribution in [0.25, 0.3) is 0 Å². The van der Waals surface area contributed by atoms with Gasteiger partial charge in [0.05, 0.1) is 29.8 Å². The van der Waals surface area contributed by atoms with Gasteiger partial charge in [-0.15, -0.1) is 0 Å². The fourth-order valence-electron chi connectivity index (χ4n) is 8.14. The van der Waals surface area contributed by atoms with Crippen molar-refractivity contribution in [2.75, 3.05) is 0 Å². The molecule has 49 heavy (non-hydrogen) atoms. The Labute approximate surface area is 304 Å². The molecule has 0 aromatic carbocycles. The minimum atomic E-state index is -1.92. The van der Waals surface area contributed by atoms with E-state index in [-0.39, 0.29) is 39.8 Å². The summed E-state index contributed by atoms with van der Waals surface area (Å²) in [4.78, 5) is 12.7. The molecule has 5 nitrogen and oxygen atoms in total. The van der Waals surface area contributed by atoms with Crippen LogP contribution in [0.5, 0.6) is 0 Å². The first-order valence-electron chi connectivity index (χ1n) is 19.5. The van der Waals surface area contributed by atoms with E-state index in [0.717, 1.165) is 19.3 Å². The molecule has 0 unspecified atom stereocenters. The fourth-order valence-corrected chi connectivity index (χ4v) is 10.9. The average Bonchev–Trinajstić information content (AvgIpc) is 3.30. The Kier molecular flexibility index (Phi) is 13.5. The van der Waals surface area contributed by atoms with Crippen molar-refractivity contribution in [2.45, 2.75) is 195 Å². The lowest BCUT2D eigenvalue weighted by Gasteiger charge is -2.45. The van der Waals surface area contributed by atoms with Crippen molar-refractivity contribution < 1.29 is 23.5 Å². The zero-order chi connectivity index (χ0) is 37.4. The summed E-state index contributed by atoms with van der Waals surface area (Å²) in [5.74, 6) is 1.09. The molecule has 0 radical (unpaired) electrons. The summed E-state index contributed by atoms with van der Waals surface area (Å²) in [5, 5.41) is 11.4. The third kappa shape index (κ3) is 10.1. The molecule has 3 aliphatic rings. The van der Waals surface area contributed by atoms with E-state index in [2.05, 4.69) is 99.8 Å². The standard InChI is InChI=1S/C42H76O5Si2/c1-29(2)45-38(44)41(10,11)37(43)24-19-30(3)35-22-23-36-32(18-17-25-42(35,36)12)21-20-31-26-33(46-48(13,14)39(4,5)6)28-34(27-31)47-49(15,16)40(7,8)9/h19-21,24,29-30,33-37,43H,17-18,22-23,25-28H2,1-16H3/b24-19+,32-21+/t30-,33-,34-,35-,36+,37+,42-/m1/s1. The largest absolute Gasteiger partial charge is 0.462 e. The summed E-state index contributed by atoms with van der Waals surface area (Å²) < 4.78 is 19.6. The van der Waals surface area contributed by atoms with Crippen LogP contribution in [0.3, 0.4) is 0 Å². The van der Waals surface area contributed by atoms with Crippen molar-refractivity contribution in [3.05, 3.63) is 35.5 Å². The molecular formula is C42H76O5Si2. The highest BCUT2D eigenvalue weighted by molar-refractivity contribution is 6.74. The number of fused-ring (bicyclic) bond motifs is 1. The lowest BCUT2D eigenvalue weighted by molar-refractivity contribution is -0.162. The number of aliphatic hydroxyl groups excluding tert-OH is 1. The lowest BCUT2D eigenvalue weighted by atomic mass is 9.61. The van der Waals surface area contributed by atoms with Crippen LogP contribution in [0.1, 0.15) is 134 Å². The Morgan fingerprint density at radius 2 is 1.39 bits per heavy atom. The number of hydrogen-bond donors (Lipinski definition) is 1. The van der Waals surface area contributed by atoms with Crippen molar-refractivity contribution in [3.63, 3.8) is 0 Å². The van der Waals surface area contributed by atoms with Gasteiger partial charge in [0, 0.05) is 0 Å². The molecule has 0 heterocycles. The van der Waals surface area contributed by atoms with Crippen molar-refractivity contribution >= 4 is 22.6 Å². The molecule has 0 aliphatic heterocycles. The summed E-state index contributed by atoms with van der Waals surface area (Å²) in [7, 11) is -3.83. The molecule has 3 fully saturated rings. The Bertz CT molecular complexity index is 1190. The number of esters is 1. The van der Waals surface area contributed by atoms with Gasteiger partial charge < -0.3 is 18.7 Å². The van der Waals surface area contributed by atoms with Gasteiger partial charge in [-0.2, -0.15) is 0 Å². The maximum Gasteiger partial charge on any atom is 0.314 e. The van der Waals surface area contributed by atoms with Gasteiger partial charge in [-0.25, -0.2) is 0 Å². The highest BCUT2D eigenvalue weighted by Crippen LogP contribution is 2.59. The van der Waals surface area contributed by atoms with Crippen LogP contribution in [0, 0.1) is 28.6 Å². The van der Waals surface area contributed by atoms with Crippen LogP contribution < -0.4 is 0 Å². The van der Waals surface area contributed by atoms with E-state index in [1.54, 1.807) is 19.4 Å². The van der Waals surface area contributed by atoms with E-state index >= 15 is 0 Å². The smallest absolute Gasteiger partial charge is 0.314 e. The first-order valence-corrected chi connectivity index (χ1v) is 25.3. The number of rotatable bonds is 11.